The zero-order valence-electron chi connectivity index (χ0n) is 12.2. The Bertz CT molecular complexity index is 345. The number of nitrogens with zero attached hydrogens (tertiary/aromatic N) is 3. The Hall–Kier alpha value is -0.860. The van der Waals surface area contributed by atoms with Gasteiger partial charge in [0.15, 0.2) is 0 Å². The van der Waals surface area contributed by atoms with Gasteiger partial charge in [0, 0.05) is 6.54 Å². The van der Waals surface area contributed by atoms with Crippen molar-refractivity contribution < 1.29 is 0 Å². The second-order valence-electron chi connectivity index (χ2n) is 6.54. The van der Waals surface area contributed by atoms with Crippen LogP contribution in [-0.2, 0) is 19.4 Å². The van der Waals surface area contributed by atoms with Crippen LogP contribution in [0.2, 0.25) is 0 Å². The van der Waals surface area contributed by atoms with Gasteiger partial charge in [0.05, 0.1) is 11.4 Å². The first-order chi connectivity index (χ1) is 7.83. The first kappa shape index (κ1) is 14.2. The highest BCUT2D eigenvalue weighted by atomic mass is 15.4. The van der Waals surface area contributed by atoms with Crippen LogP contribution >= 0.6 is 0 Å². The summed E-state index contributed by atoms with van der Waals surface area (Å²) in [5.74, 6) is 0.639. The molecule has 0 unspecified atom stereocenters. The van der Waals surface area contributed by atoms with Crippen LogP contribution in [-0.4, -0.2) is 15.0 Å². The number of aromatic nitrogens is 3. The van der Waals surface area contributed by atoms with Gasteiger partial charge >= 0.3 is 0 Å². The van der Waals surface area contributed by atoms with Crippen LogP contribution in [0.3, 0.4) is 0 Å². The number of hydrogen-bond acceptors (Lipinski definition) is 2. The normalized spacial score (nSPS) is 12.4. The molecule has 17 heavy (non-hydrogen) atoms. The van der Waals surface area contributed by atoms with E-state index in [9.17, 15) is 0 Å². The SMILES string of the molecule is CCCn1nnc(CC(C)C)c1CC(C)(C)C. The molecule has 0 amide bonds. The molecule has 0 spiro atoms. The Morgan fingerprint density at radius 1 is 1.24 bits per heavy atom. The molecule has 1 heterocycles. The molecule has 0 atom stereocenters. The third-order valence-electron chi connectivity index (χ3n) is 2.65. The Labute approximate surface area is 106 Å². The summed E-state index contributed by atoms with van der Waals surface area (Å²) in [4.78, 5) is 0. The molecule has 3 heteroatoms. The van der Waals surface area contributed by atoms with Gasteiger partial charge in [-0.1, -0.05) is 46.8 Å². The summed E-state index contributed by atoms with van der Waals surface area (Å²) in [6.45, 7) is 14.5. The zero-order chi connectivity index (χ0) is 13.1. The van der Waals surface area contributed by atoms with Crippen molar-refractivity contribution in [2.24, 2.45) is 11.3 Å². The van der Waals surface area contributed by atoms with E-state index < -0.39 is 0 Å². The summed E-state index contributed by atoms with van der Waals surface area (Å²) in [5, 5.41) is 8.68. The van der Waals surface area contributed by atoms with Crippen LogP contribution in [0.1, 0.15) is 59.4 Å². The summed E-state index contributed by atoms with van der Waals surface area (Å²) < 4.78 is 2.10. The van der Waals surface area contributed by atoms with E-state index in [0.717, 1.165) is 25.8 Å². The largest absolute Gasteiger partial charge is 0.249 e. The molecule has 1 rings (SSSR count). The van der Waals surface area contributed by atoms with Crippen LogP contribution in [0.25, 0.3) is 0 Å². The molecule has 0 radical (unpaired) electrons. The molecule has 0 aliphatic heterocycles. The van der Waals surface area contributed by atoms with E-state index in [1.807, 2.05) is 0 Å². The Balaban J connectivity index is 2.97. The van der Waals surface area contributed by atoms with Gasteiger partial charge in [0.25, 0.3) is 0 Å². The van der Waals surface area contributed by atoms with Crippen molar-refractivity contribution in [1.82, 2.24) is 15.0 Å². The summed E-state index contributed by atoms with van der Waals surface area (Å²) in [5.41, 5.74) is 2.83. The third-order valence-corrected chi connectivity index (χ3v) is 2.65. The summed E-state index contributed by atoms with van der Waals surface area (Å²) in [6.07, 6.45) is 3.21. The van der Waals surface area contributed by atoms with Crippen LogP contribution < -0.4 is 0 Å². The van der Waals surface area contributed by atoms with Crippen molar-refractivity contribution in [3.8, 4) is 0 Å². The smallest absolute Gasteiger partial charge is 0.0861 e. The molecule has 0 aliphatic rings. The van der Waals surface area contributed by atoms with Crippen LogP contribution in [0.5, 0.6) is 0 Å². The van der Waals surface area contributed by atoms with Crippen molar-refractivity contribution in [3.63, 3.8) is 0 Å². The molecule has 0 bridgehead atoms. The maximum absolute atomic E-state index is 4.37. The van der Waals surface area contributed by atoms with Crippen molar-refractivity contribution in [3.05, 3.63) is 11.4 Å². The molecule has 3 nitrogen and oxygen atoms in total. The fourth-order valence-corrected chi connectivity index (χ4v) is 2.00. The van der Waals surface area contributed by atoms with Gasteiger partial charge < -0.3 is 0 Å². The van der Waals surface area contributed by atoms with Crippen LogP contribution in [0, 0.1) is 11.3 Å². The van der Waals surface area contributed by atoms with Crippen molar-refractivity contribution in [2.45, 2.75) is 67.3 Å². The lowest BCUT2D eigenvalue weighted by atomic mass is 9.89. The second-order valence-corrected chi connectivity index (χ2v) is 6.54. The Morgan fingerprint density at radius 2 is 1.88 bits per heavy atom. The predicted molar refractivity (Wildman–Crippen MR) is 72.0 cm³/mol. The topological polar surface area (TPSA) is 30.7 Å². The minimum Gasteiger partial charge on any atom is -0.249 e. The minimum absolute atomic E-state index is 0.291. The van der Waals surface area contributed by atoms with Crippen LogP contribution in [0.4, 0.5) is 0 Å². The fraction of sp³-hybridized carbons (Fsp3) is 0.857. The molecule has 0 saturated carbocycles. The van der Waals surface area contributed by atoms with E-state index in [0.29, 0.717) is 11.3 Å². The molecule has 0 N–H and O–H groups in total. The highest BCUT2D eigenvalue weighted by Gasteiger charge is 2.20. The number of rotatable bonds is 5. The van der Waals surface area contributed by atoms with Gasteiger partial charge in [-0.15, -0.1) is 5.10 Å². The molecule has 0 aromatic carbocycles. The highest BCUT2D eigenvalue weighted by Crippen LogP contribution is 2.23. The first-order valence-corrected chi connectivity index (χ1v) is 6.74. The second kappa shape index (κ2) is 5.65. The van der Waals surface area contributed by atoms with E-state index >= 15 is 0 Å². The van der Waals surface area contributed by atoms with E-state index in [4.69, 9.17) is 0 Å². The fourth-order valence-electron chi connectivity index (χ4n) is 2.00. The third kappa shape index (κ3) is 4.49. The van der Waals surface area contributed by atoms with Crippen molar-refractivity contribution in [1.29, 1.82) is 0 Å². The summed E-state index contributed by atoms with van der Waals surface area (Å²) in [7, 11) is 0. The number of hydrogen-bond donors (Lipinski definition) is 0. The molecule has 0 saturated heterocycles. The lowest BCUT2D eigenvalue weighted by Crippen LogP contribution is -2.16. The van der Waals surface area contributed by atoms with E-state index in [1.54, 1.807) is 0 Å². The Kier molecular flexibility index (Phi) is 4.72. The molecule has 0 aliphatic carbocycles. The van der Waals surface area contributed by atoms with Gasteiger partial charge in [0.1, 0.15) is 0 Å². The first-order valence-electron chi connectivity index (χ1n) is 6.74. The van der Waals surface area contributed by atoms with Gasteiger partial charge in [-0.05, 0) is 30.6 Å². The quantitative estimate of drug-likeness (QED) is 0.785. The lowest BCUT2D eigenvalue weighted by molar-refractivity contribution is 0.388. The molecule has 98 valence electrons. The van der Waals surface area contributed by atoms with Gasteiger partial charge in [-0.25, -0.2) is 4.68 Å². The summed E-state index contributed by atoms with van der Waals surface area (Å²) in [6, 6.07) is 0. The maximum atomic E-state index is 4.37. The molecule has 1 aromatic rings. The van der Waals surface area contributed by atoms with E-state index in [2.05, 4.69) is 56.5 Å². The average Bonchev–Trinajstić information content (AvgIpc) is 2.48. The van der Waals surface area contributed by atoms with Crippen molar-refractivity contribution in [2.75, 3.05) is 0 Å². The summed E-state index contributed by atoms with van der Waals surface area (Å²) >= 11 is 0. The minimum atomic E-state index is 0.291. The van der Waals surface area contributed by atoms with Gasteiger partial charge in [-0.2, -0.15) is 0 Å². The van der Waals surface area contributed by atoms with E-state index in [1.165, 1.54) is 11.4 Å². The van der Waals surface area contributed by atoms with Gasteiger partial charge in [-0.3, -0.25) is 0 Å². The average molecular weight is 237 g/mol. The maximum Gasteiger partial charge on any atom is 0.0861 e. The lowest BCUT2D eigenvalue weighted by Gasteiger charge is -2.19. The van der Waals surface area contributed by atoms with E-state index in [-0.39, 0.29) is 0 Å². The monoisotopic (exact) mass is 237 g/mol. The molecular formula is C14H27N3. The standard InChI is InChI=1S/C14H27N3/c1-7-8-17-13(10-14(4,5)6)12(15-16-17)9-11(2)3/h11H,7-10H2,1-6H3. The predicted octanol–water partition coefficient (Wildman–Crippen LogP) is 3.48. The number of aryl methyl sites for hydroxylation is 1. The zero-order valence-corrected chi connectivity index (χ0v) is 12.2. The van der Waals surface area contributed by atoms with Crippen molar-refractivity contribution >= 4 is 0 Å². The Morgan fingerprint density at radius 3 is 2.35 bits per heavy atom. The van der Waals surface area contributed by atoms with Gasteiger partial charge in [0.2, 0.25) is 0 Å². The highest BCUT2D eigenvalue weighted by molar-refractivity contribution is 5.12. The molecule has 1 aromatic heterocycles. The van der Waals surface area contributed by atoms with Crippen LogP contribution in [0.15, 0.2) is 0 Å². The molecule has 0 fully saturated rings. The molecular weight excluding hydrogens is 210 g/mol.